The van der Waals surface area contributed by atoms with Gasteiger partial charge in [0.15, 0.2) is 9.04 Å². The summed E-state index contributed by atoms with van der Waals surface area (Å²) in [6.07, 6.45) is 8.71. The Morgan fingerprint density at radius 3 is 2.25 bits per heavy atom. The van der Waals surface area contributed by atoms with Crippen LogP contribution in [0.5, 0.6) is 5.88 Å². The summed E-state index contributed by atoms with van der Waals surface area (Å²) in [4.78, 5) is 4.35. The maximum absolute atomic E-state index is 9.84. The van der Waals surface area contributed by atoms with Crippen LogP contribution in [0.15, 0.2) is 30.3 Å². The molecule has 1 N–H and O–H groups in total. The molecule has 2 aromatic rings. The molecule has 0 saturated heterocycles. The van der Waals surface area contributed by atoms with Crippen LogP contribution in [0.1, 0.15) is 78.2 Å². The molecule has 0 bridgehead atoms. The molecule has 0 aliphatic rings. The molecule has 1 unspecified atom stereocenters. The lowest BCUT2D eigenvalue weighted by Gasteiger charge is -2.47. The van der Waals surface area contributed by atoms with Crippen molar-refractivity contribution in [3.8, 4) is 5.88 Å². The molecular weight excluding hydrogens is 362 g/mol. The summed E-state index contributed by atoms with van der Waals surface area (Å²) in [5, 5.41) is 10.9. The second-order valence-corrected chi connectivity index (χ2v) is 11.7. The number of fused-ring (bicyclic) bond motifs is 1. The third-order valence-electron chi connectivity index (χ3n) is 5.67. The molecule has 2 rings (SSSR count). The lowest BCUT2D eigenvalue weighted by molar-refractivity contribution is -0.0505. The summed E-state index contributed by atoms with van der Waals surface area (Å²) >= 11 is 0. The standard InChI is InChI=1S/C24H39NO2Si/c1-7-8-9-10-11-12-17-24(23(2,3)4,27-28(5)6)20-15-13-19-14-16-22(26)25-21(19)18-20/h13-16,18,28H,7-12,17H2,1-6H3,(H,25,26). The molecule has 28 heavy (non-hydrogen) atoms. The van der Waals surface area contributed by atoms with Crippen LogP contribution in [-0.4, -0.2) is 19.1 Å². The monoisotopic (exact) mass is 401 g/mol. The third-order valence-corrected chi connectivity index (χ3v) is 6.55. The molecular formula is C24H39NO2Si. The van der Waals surface area contributed by atoms with Gasteiger partial charge in [0.25, 0.3) is 0 Å². The molecule has 0 aliphatic carbocycles. The minimum absolute atomic E-state index is 0.0296. The lowest BCUT2D eigenvalue weighted by atomic mass is 9.69. The molecule has 4 heteroatoms. The zero-order valence-corrected chi connectivity index (χ0v) is 19.9. The summed E-state index contributed by atoms with van der Waals surface area (Å²) in [7, 11) is -1.28. The SMILES string of the molecule is CCCCCCCCC(O[SiH](C)C)(c1ccc2ccc(O)nc2c1)C(C)(C)C. The van der Waals surface area contributed by atoms with E-state index in [9.17, 15) is 5.11 Å². The van der Waals surface area contributed by atoms with E-state index in [4.69, 9.17) is 4.43 Å². The van der Waals surface area contributed by atoms with E-state index in [1.54, 1.807) is 6.07 Å². The number of unbranched alkanes of at least 4 members (excludes halogenated alkanes) is 5. The van der Waals surface area contributed by atoms with Gasteiger partial charge in [-0.2, -0.15) is 0 Å². The number of hydrogen-bond donors (Lipinski definition) is 1. The Bertz CT molecular complexity index is 754. The first-order chi connectivity index (χ1) is 13.2. The van der Waals surface area contributed by atoms with Crippen LogP contribution in [0.2, 0.25) is 13.1 Å². The van der Waals surface area contributed by atoms with Gasteiger partial charge in [0.05, 0.1) is 11.1 Å². The van der Waals surface area contributed by atoms with Crippen molar-refractivity contribution in [2.45, 2.75) is 91.3 Å². The molecule has 1 heterocycles. The zero-order valence-electron chi connectivity index (χ0n) is 18.7. The number of hydrogen-bond acceptors (Lipinski definition) is 3. The van der Waals surface area contributed by atoms with E-state index in [1.807, 2.05) is 6.07 Å². The van der Waals surface area contributed by atoms with Gasteiger partial charge in [-0.3, -0.25) is 0 Å². The fraction of sp³-hybridized carbons (Fsp3) is 0.625. The van der Waals surface area contributed by atoms with E-state index < -0.39 is 9.04 Å². The average molecular weight is 402 g/mol. The molecule has 0 amide bonds. The summed E-state index contributed by atoms with van der Waals surface area (Å²) in [5.74, 6) is 0.0704. The van der Waals surface area contributed by atoms with Crippen LogP contribution >= 0.6 is 0 Å². The molecule has 0 aliphatic heterocycles. The first-order valence-corrected chi connectivity index (χ1v) is 13.8. The predicted octanol–water partition coefficient (Wildman–Crippen LogP) is 6.93. The Labute approximate surface area is 173 Å². The Hall–Kier alpha value is -1.39. The van der Waals surface area contributed by atoms with Crippen molar-refractivity contribution >= 4 is 19.9 Å². The van der Waals surface area contributed by atoms with Gasteiger partial charge < -0.3 is 9.53 Å². The molecule has 0 spiro atoms. The van der Waals surface area contributed by atoms with Crippen molar-refractivity contribution in [2.24, 2.45) is 5.41 Å². The van der Waals surface area contributed by atoms with Gasteiger partial charge >= 0.3 is 0 Å². The number of nitrogens with zero attached hydrogens (tertiary/aromatic N) is 1. The van der Waals surface area contributed by atoms with Crippen molar-refractivity contribution < 1.29 is 9.53 Å². The minimum Gasteiger partial charge on any atom is -0.493 e. The maximum atomic E-state index is 9.84. The van der Waals surface area contributed by atoms with Crippen LogP contribution in [0.3, 0.4) is 0 Å². The first kappa shape index (κ1) is 22.9. The van der Waals surface area contributed by atoms with Crippen molar-refractivity contribution in [2.75, 3.05) is 0 Å². The van der Waals surface area contributed by atoms with Crippen LogP contribution < -0.4 is 0 Å². The van der Waals surface area contributed by atoms with Gasteiger partial charge in [-0.25, -0.2) is 4.98 Å². The highest BCUT2D eigenvalue weighted by Crippen LogP contribution is 2.47. The number of aromatic nitrogens is 1. The Kier molecular flexibility index (Phi) is 8.08. The van der Waals surface area contributed by atoms with Gasteiger partial charge in [0.2, 0.25) is 5.88 Å². The molecule has 0 radical (unpaired) electrons. The van der Waals surface area contributed by atoms with Crippen LogP contribution in [-0.2, 0) is 10.0 Å². The normalized spacial score (nSPS) is 14.5. The summed E-state index contributed by atoms with van der Waals surface area (Å²) in [5.41, 5.74) is 1.68. The van der Waals surface area contributed by atoms with Crippen molar-refractivity contribution in [1.82, 2.24) is 4.98 Å². The maximum Gasteiger partial charge on any atom is 0.211 e. The Morgan fingerprint density at radius 2 is 1.61 bits per heavy atom. The topological polar surface area (TPSA) is 42.4 Å². The zero-order chi connectivity index (χ0) is 20.8. The molecule has 1 aromatic heterocycles. The fourth-order valence-corrected chi connectivity index (χ4v) is 5.58. The summed E-state index contributed by atoms with van der Waals surface area (Å²) in [6, 6.07) is 10.0. The first-order valence-electron chi connectivity index (χ1n) is 11.0. The number of rotatable bonds is 10. The lowest BCUT2D eigenvalue weighted by Crippen LogP contribution is -2.45. The van der Waals surface area contributed by atoms with E-state index >= 15 is 0 Å². The second kappa shape index (κ2) is 9.88. The van der Waals surface area contributed by atoms with Crippen molar-refractivity contribution in [1.29, 1.82) is 0 Å². The van der Waals surface area contributed by atoms with Gasteiger partial charge in [0, 0.05) is 11.5 Å². The highest BCUT2D eigenvalue weighted by Gasteiger charge is 2.44. The van der Waals surface area contributed by atoms with E-state index in [0.717, 1.165) is 17.3 Å². The minimum atomic E-state index is -1.28. The van der Waals surface area contributed by atoms with Gasteiger partial charge in [-0.1, -0.05) is 78.4 Å². The van der Waals surface area contributed by atoms with E-state index in [1.165, 1.54) is 44.1 Å². The number of aromatic hydroxyl groups is 1. The highest BCUT2D eigenvalue weighted by molar-refractivity contribution is 6.48. The molecule has 1 atom stereocenters. The third kappa shape index (κ3) is 5.57. The fourth-order valence-electron chi connectivity index (χ4n) is 4.17. The van der Waals surface area contributed by atoms with Crippen LogP contribution in [0.25, 0.3) is 10.9 Å². The van der Waals surface area contributed by atoms with Crippen LogP contribution in [0, 0.1) is 5.41 Å². The van der Waals surface area contributed by atoms with Crippen molar-refractivity contribution in [3.63, 3.8) is 0 Å². The van der Waals surface area contributed by atoms with E-state index in [2.05, 4.69) is 64.0 Å². The summed E-state index contributed by atoms with van der Waals surface area (Å²) in [6.45, 7) is 13.7. The predicted molar refractivity (Wildman–Crippen MR) is 122 cm³/mol. The van der Waals surface area contributed by atoms with Crippen molar-refractivity contribution in [3.05, 3.63) is 35.9 Å². The van der Waals surface area contributed by atoms with E-state index in [0.29, 0.717) is 0 Å². The Morgan fingerprint density at radius 1 is 0.964 bits per heavy atom. The summed E-state index contributed by atoms with van der Waals surface area (Å²) < 4.78 is 6.84. The molecule has 3 nitrogen and oxygen atoms in total. The average Bonchev–Trinajstić information content (AvgIpc) is 2.61. The second-order valence-electron chi connectivity index (χ2n) is 9.34. The van der Waals surface area contributed by atoms with Gasteiger partial charge in [0.1, 0.15) is 0 Å². The quantitative estimate of drug-likeness (QED) is 0.346. The Balaban J connectivity index is 2.38. The number of benzene rings is 1. The largest absolute Gasteiger partial charge is 0.493 e. The van der Waals surface area contributed by atoms with E-state index in [-0.39, 0.29) is 16.9 Å². The molecule has 0 fully saturated rings. The molecule has 156 valence electrons. The smallest absolute Gasteiger partial charge is 0.211 e. The highest BCUT2D eigenvalue weighted by atomic mass is 28.3. The molecule has 0 saturated carbocycles. The number of pyridine rings is 1. The van der Waals surface area contributed by atoms with Gasteiger partial charge in [-0.05, 0) is 42.6 Å². The molecule has 1 aromatic carbocycles. The van der Waals surface area contributed by atoms with Crippen LogP contribution in [0.4, 0.5) is 0 Å². The van der Waals surface area contributed by atoms with Gasteiger partial charge in [-0.15, -0.1) is 0 Å².